The van der Waals surface area contributed by atoms with Crippen LogP contribution in [0.1, 0.15) is 42.5 Å². The van der Waals surface area contributed by atoms with Crippen LogP contribution in [0.2, 0.25) is 0 Å². The number of alkyl halides is 2. The number of nitrogens with zero attached hydrogens (tertiary/aromatic N) is 7. The number of carbonyl (C=O) groups excluding carboxylic acids is 1. The van der Waals surface area contributed by atoms with Gasteiger partial charge in [0.2, 0.25) is 0 Å². The molecule has 5 heterocycles. The number of thioether (sulfide) groups is 1. The van der Waals surface area contributed by atoms with Crippen LogP contribution in [0.5, 0.6) is 5.75 Å². The maximum atomic E-state index is 13.5. The third-order valence-electron chi connectivity index (χ3n) is 8.79. The monoisotopic (exact) mass is 680 g/mol. The molecule has 4 aromatic rings. The number of nitrogens with one attached hydrogen (secondary N) is 1. The third-order valence-corrected chi connectivity index (χ3v) is 10.1. The van der Waals surface area contributed by atoms with Gasteiger partial charge in [-0.3, -0.25) is 14.4 Å². The quantitative estimate of drug-likeness (QED) is 0.147. The van der Waals surface area contributed by atoms with Crippen molar-refractivity contribution in [3.05, 3.63) is 66.5 Å². The van der Waals surface area contributed by atoms with Crippen LogP contribution in [0.3, 0.4) is 0 Å². The van der Waals surface area contributed by atoms with Crippen molar-refractivity contribution in [1.82, 2.24) is 34.3 Å². The van der Waals surface area contributed by atoms with Crippen molar-refractivity contribution in [3.63, 3.8) is 0 Å². The second-order valence-electron chi connectivity index (χ2n) is 12.3. The molecule has 1 aromatic carbocycles. The lowest BCUT2D eigenvalue weighted by Gasteiger charge is -2.38. The Morgan fingerprint density at radius 3 is 2.81 bits per heavy atom. The number of hydrogen-bond donors (Lipinski definition) is 3. The summed E-state index contributed by atoms with van der Waals surface area (Å²) < 4.78 is 40.6. The summed E-state index contributed by atoms with van der Waals surface area (Å²) in [7, 11) is 0. The van der Waals surface area contributed by atoms with Gasteiger partial charge in [-0.1, -0.05) is 0 Å². The van der Waals surface area contributed by atoms with E-state index in [4.69, 9.17) is 26.1 Å². The van der Waals surface area contributed by atoms with E-state index in [0.29, 0.717) is 28.2 Å². The molecule has 0 radical (unpaired) electrons. The lowest BCUT2D eigenvalue weighted by Crippen LogP contribution is -2.49. The molecule has 1 amide bonds. The Kier molecular flexibility index (Phi) is 9.48. The number of hydrazine groups is 1. The van der Waals surface area contributed by atoms with Gasteiger partial charge in [0.05, 0.1) is 25.0 Å². The average molecular weight is 681 g/mol. The number of hydrogen-bond acceptors (Lipinski definition) is 11. The number of ether oxygens (including phenoxy) is 2. The zero-order valence-electron chi connectivity index (χ0n) is 26.3. The van der Waals surface area contributed by atoms with Gasteiger partial charge >= 0.3 is 6.61 Å². The molecule has 3 aliphatic rings. The normalized spacial score (nSPS) is 19.3. The van der Waals surface area contributed by atoms with Crippen LogP contribution < -0.4 is 21.6 Å². The number of nitrogens with two attached hydrogens (primary N) is 2. The molecule has 0 bridgehead atoms. The van der Waals surface area contributed by atoms with Gasteiger partial charge in [-0.05, 0) is 56.4 Å². The predicted octanol–water partition coefficient (Wildman–Crippen LogP) is 3.93. The summed E-state index contributed by atoms with van der Waals surface area (Å²) in [5.74, 6) is 5.92. The van der Waals surface area contributed by atoms with Crippen LogP contribution in [0, 0.1) is 0 Å². The minimum absolute atomic E-state index is 0.0595. The Labute approximate surface area is 280 Å². The van der Waals surface area contributed by atoms with Gasteiger partial charge in [0.15, 0.2) is 5.65 Å². The second kappa shape index (κ2) is 14.1. The number of allylic oxidation sites excluding steroid dienone is 1. The van der Waals surface area contributed by atoms with E-state index in [2.05, 4.69) is 20.3 Å². The number of anilines is 1. The van der Waals surface area contributed by atoms with E-state index in [1.807, 2.05) is 0 Å². The molecule has 3 fully saturated rings. The first-order chi connectivity index (χ1) is 23.3. The summed E-state index contributed by atoms with van der Waals surface area (Å²) in [5.41, 5.74) is 8.37. The smallest absolute Gasteiger partial charge is 0.387 e. The maximum Gasteiger partial charge on any atom is 0.387 e. The first kappa shape index (κ1) is 32.3. The van der Waals surface area contributed by atoms with Crippen LogP contribution in [0.25, 0.3) is 16.9 Å². The van der Waals surface area contributed by atoms with Crippen molar-refractivity contribution in [2.75, 3.05) is 31.6 Å². The molecule has 13 nitrogen and oxygen atoms in total. The van der Waals surface area contributed by atoms with Crippen molar-refractivity contribution in [1.29, 1.82) is 0 Å². The minimum atomic E-state index is -3.05. The lowest BCUT2D eigenvalue weighted by atomic mass is 10.0. The van der Waals surface area contributed by atoms with Gasteiger partial charge in [0, 0.05) is 78.0 Å². The Hall–Kier alpha value is -4.25. The van der Waals surface area contributed by atoms with E-state index >= 15 is 0 Å². The number of piperidine rings is 1. The van der Waals surface area contributed by atoms with Crippen LogP contribution in [-0.2, 0) is 11.3 Å². The minimum Gasteiger partial charge on any atom is -0.434 e. The van der Waals surface area contributed by atoms with Crippen LogP contribution in [0.4, 0.5) is 14.5 Å². The topological polar surface area (TPSA) is 154 Å². The third kappa shape index (κ3) is 7.41. The second-order valence-corrected chi connectivity index (χ2v) is 13.7. The van der Waals surface area contributed by atoms with E-state index in [9.17, 15) is 13.6 Å². The molecule has 48 heavy (non-hydrogen) atoms. The summed E-state index contributed by atoms with van der Waals surface area (Å²) in [4.78, 5) is 21.2. The molecule has 0 spiro atoms. The summed E-state index contributed by atoms with van der Waals surface area (Å²) in [6.07, 6.45) is 13.1. The van der Waals surface area contributed by atoms with Crippen molar-refractivity contribution < 1.29 is 23.0 Å². The molecule has 1 aliphatic carbocycles. The summed E-state index contributed by atoms with van der Waals surface area (Å²) in [5, 5.41) is 14.0. The Morgan fingerprint density at radius 1 is 1.23 bits per heavy atom. The number of rotatable bonds is 12. The fourth-order valence-electron chi connectivity index (χ4n) is 6.20. The van der Waals surface area contributed by atoms with Gasteiger partial charge in [0.25, 0.3) is 5.91 Å². The molecule has 3 aromatic heterocycles. The van der Waals surface area contributed by atoms with E-state index in [0.717, 1.165) is 63.3 Å². The highest BCUT2D eigenvalue weighted by atomic mass is 32.2. The molecule has 7 rings (SSSR count). The number of likely N-dealkylation sites (tertiary alicyclic amines) is 1. The number of benzene rings is 1. The molecule has 1 unspecified atom stereocenters. The Bertz CT molecular complexity index is 1780. The molecule has 1 saturated carbocycles. The maximum absolute atomic E-state index is 13.5. The number of fused-ring (bicyclic) bond motifs is 1. The standard InChI is InChI=1S/C32H38F2N10O3S/c33-32(34)47-28-5-4-24(48-23-2-3-23)14-25(28)29-27(39-31(45)26-15-38-44-10-1-9-37-30(26)44)18-42(40-29)16-20(35)17-43(36)21-6-11-41(12-7-21)22-8-13-46-19-22/h1,4-5,9-10,14-15,17-18,21-23,32H,2-3,6-8,11-13,16,19,35-36H2,(H,39,45)/b20-17-. The summed E-state index contributed by atoms with van der Waals surface area (Å²) in [6.45, 7) is 0.562. The Morgan fingerprint density at radius 2 is 2.06 bits per heavy atom. The first-order valence-electron chi connectivity index (χ1n) is 16.0. The SMILES string of the molecule is N/C(=C\N(N)C1CCN(C2CCOC2)CC1)Cn1cc(NC(=O)c2cnn3cccnc23)c(-c2cc(SC3CC3)ccc2OC(F)F)n1. The molecule has 1 atom stereocenters. The highest BCUT2D eigenvalue weighted by Gasteiger charge is 2.29. The van der Waals surface area contributed by atoms with Crippen molar-refractivity contribution in [3.8, 4) is 17.0 Å². The lowest BCUT2D eigenvalue weighted by molar-refractivity contribution is -0.0494. The number of amides is 1. The van der Waals surface area contributed by atoms with Gasteiger partial charge in [-0.25, -0.2) is 15.3 Å². The highest BCUT2D eigenvalue weighted by molar-refractivity contribution is 8.00. The predicted molar refractivity (Wildman–Crippen MR) is 176 cm³/mol. The van der Waals surface area contributed by atoms with E-state index in [1.54, 1.807) is 64.4 Å². The molecule has 16 heteroatoms. The summed E-state index contributed by atoms with van der Waals surface area (Å²) in [6, 6.07) is 7.35. The van der Waals surface area contributed by atoms with Gasteiger partial charge < -0.3 is 25.5 Å². The number of carbonyl (C=O) groups is 1. The fourth-order valence-corrected chi connectivity index (χ4v) is 7.29. The van der Waals surface area contributed by atoms with E-state index in [-0.39, 0.29) is 35.3 Å². The number of halogens is 2. The zero-order chi connectivity index (χ0) is 33.2. The molecular formula is C32H38F2N10O3S. The van der Waals surface area contributed by atoms with Crippen molar-refractivity contribution in [2.45, 2.75) is 67.5 Å². The van der Waals surface area contributed by atoms with E-state index < -0.39 is 12.5 Å². The highest BCUT2D eigenvalue weighted by Crippen LogP contribution is 2.43. The zero-order valence-corrected chi connectivity index (χ0v) is 27.1. The molecule has 2 saturated heterocycles. The number of aromatic nitrogens is 5. The largest absolute Gasteiger partial charge is 0.434 e. The van der Waals surface area contributed by atoms with E-state index in [1.165, 1.54) is 16.8 Å². The molecule has 254 valence electrons. The van der Waals surface area contributed by atoms with Gasteiger partial charge in [-0.15, -0.1) is 11.8 Å². The van der Waals surface area contributed by atoms with Gasteiger partial charge in [0.1, 0.15) is 17.0 Å². The van der Waals surface area contributed by atoms with Crippen molar-refractivity contribution in [2.24, 2.45) is 11.6 Å². The van der Waals surface area contributed by atoms with Crippen molar-refractivity contribution >= 4 is 29.0 Å². The molecular weight excluding hydrogens is 642 g/mol. The Balaban J connectivity index is 1.15. The molecule has 2 aliphatic heterocycles. The first-order valence-corrected chi connectivity index (χ1v) is 16.9. The molecule has 5 N–H and O–H groups in total. The average Bonchev–Trinajstić information content (AvgIpc) is 3.42. The fraction of sp³-hybridized carbons (Fsp3) is 0.438. The summed E-state index contributed by atoms with van der Waals surface area (Å²) >= 11 is 1.67. The van der Waals surface area contributed by atoms with Gasteiger partial charge in [-0.2, -0.15) is 19.0 Å². The van der Waals surface area contributed by atoms with Crippen LogP contribution >= 0.6 is 11.8 Å². The van der Waals surface area contributed by atoms with Crippen LogP contribution in [-0.4, -0.2) is 90.4 Å². The van der Waals surface area contributed by atoms with Crippen LogP contribution in [0.15, 0.2) is 65.8 Å².